The highest BCUT2D eigenvalue weighted by molar-refractivity contribution is 5.95. The van der Waals surface area contributed by atoms with Crippen LogP contribution in [-0.4, -0.2) is 26.2 Å². The maximum Gasteiger partial charge on any atom is 0.265 e. The molecule has 0 aliphatic heterocycles. The van der Waals surface area contributed by atoms with Crippen molar-refractivity contribution >= 4 is 11.6 Å². The van der Waals surface area contributed by atoms with Crippen molar-refractivity contribution in [3.8, 4) is 17.2 Å². The fourth-order valence-corrected chi connectivity index (χ4v) is 2.11. The van der Waals surface area contributed by atoms with Gasteiger partial charge < -0.3 is 19.5 Å². The van der Waals surface area contributed by atoms with E-state index in [1.165, 1.54) is 0 Å². The first-order chi connectivity index (χ1) is 11.0. The van der Waals surface area contributed by atoms with Crippen LogP contribution < -0.4 is 19.5 Å². The smallest absolute Gasteiger partial charge is 0.265 e. The molecular weight excluding hydrogens is 294 g/mol. The molecule has 0 bridgehead atoms. The Kier molecular flexibility index (Phi) is 5.46. The molecule has 2 aromatic rings. The van der Waals surface area contributed by atoms with Crippen molar-refractivity contribution in [1.29, 1.82) is 0 Å². The Morgan fingerprint density at radius 3 is 2.26 bits per heavy atom. The molecule has 0 fully saturated rings. The van der Waals surface area contributed by atoms with Crippen LogP contribution >= 0.6 is 0 Å². The van der Waals surface area contributed by atoms with Crippen LogP contribution in [0.25, 0.3) is 0 Å². The van der Waals surface area contributed by atoms with E-state index >= 15 is 0 Å². The second-order valence-electron chi connectivity index (χ2n) is 5.08. The number of para-hydroxylation sites is 1. The van der Waals surface area contributed by atoms with Gasteiger partial charge in [-0.05, 0) is 37.6 Å². The van der Waals surface area contributed by atoms with Gasteiger partial charge in [0.1, 0.15) is 5.75 Å². The number of amides is 1. The summed E-state index contributed by atoms with van der Waals surface area (Å²) in [4.78, 5) is 12.3. The van der Waals surface area contributed by atoms with Gasteiger partial charge in [0, 0.05) is 11.8 Å². The first-order valence-electron chi connectivity index (χ1n) is 7.30. The molecule has 0 aromatic heterocycles. The number of hydrogen-bond donors (Lipinski definition) is 1. The molecule has 0 spiro atoms. The van der Waals surface area contributed by atoms with Gasteiger partial charge in [0.25, 0.3) is 5.91 Å². The number of carbonyl (C=O) groups is 1. The van der Waals surface area contributed by atoms with Crippen LogP contribution in [0.1, 0.15) is 12.5 Å². The van der Waals surface area contributed by atoms with Gasteiger partial charge in [-0.1, -0.05) is 18.2 Å². The molecule has 0 saturated carbocycles. The molecule has 23 heavy (non-hydrogen) atoms. The summed E-state index contributed by atoms with van der Waals surface area (Å²) in [5, 5.41) is 2.86. The predicted octanol–water partition coefficient (Wildman–Crippen LogP) is 3.42. The normalized spacial score (nSPS) is 11.5. The summed E-state index contributed by atoms with van der Waals surface area (Å²) < 4.78 is 16.1. The van der Waals surface area contributed by atoms with E-state index in [0.29, 0.717) is 22.9 Å². The highest BCUT2D eigenvalue weighted by Crippen LogP contribution is 2.33. The lowest BCUT2D eigenvalue weighted by atomic mass is 10.1. The molecule has 0 heterocycles. The predicted molar refractivity (Wildman–Crippen MR) is 89.4 cm³/mol. The minimum atomic E-state index is -0.620. The minimum absolute atomic E-state index is 0.232. The number of methoxy groups -OCH3 is 2. The third-order valence-electron chi connectivity index (χ3n) is 3.41. The Balaban J connectivity index is 2.10. The second-order valence-corrected chi connectivity index (χ2v) is 5.08. The Labute approximate surface area is 136 Å². The van der Waals surface area contributed by atoms with Crippen LogP contribution in [0.4, 0.5) is 5.69 Å². The molecule has 5 heteroatoms. The number of nitrogens with one attached hydrogen (secondary N) is 1. The summed E-state index contributed by atoms with van der Waals surface area (Å²) in [6, 6.07) is 12.8. The molecule has 2 rings (SSSR count). The number of hydrogen-bond acceptors (Lipinski definition) is 4. The first kappa shape index (κ1) is 16.7. The maximum absolute atomic E-state index is 12.3. The van der Waals surface area contributed by atoms with E-state index in [-0.39, 0.29) is 5.91 Å². The molecule has 0 saturated heterocycles. The Morgan fingerprint density at radius 1 is 1.04 bits per heavy atom. The Bertz CT molecular complexity index is 670. The second kappa shape index (κ2) is 7.54. The lowest BCUT2D eigenvalue weighted by molar-refractivity contribution is -0.122. The molecule has 0 unspecified atom stereocenters. The van der Waals surface area contributed by atoms with Gasteiger partial charge in [-0.25, -0.2) is 0 Å². The summed E-state index contributed by atoms with van der Waals surface area (Å²) in [6.07, 6.45) is -0.620. The van der Waals surface area contributed by atoms with E-state index in [9.17, 15) is 4.79 Å². The summed E-state index contributed by atoms with van der Waals surface area (Å²) in [6.45, 7) is 3.60. The number of carbonyl (C=O) groups excluding carboxylic acids is 1. The van der Waals surface area contributed by atoms with Crippen molar-refractivity contribution in [2.75, 3.05) is 19.5 Å². The molecule has 5 nitrogen and oxygen atoms in total. The first-order valence-corrected chi connectivity index (χ1v) is 7.30. The number of anilines is 1. The van der Waals surface area contributed by atoms with Gasteiger partial charge in [0.2, 0.25) is 0 Å². The van der Waals surface area contributed by atoms with E-state index in [4.69, 9.17) is 14.2 Å². The molecule has 1 amide bonds. The van der Waals surface area contributed by atoms with Crippen LogP contribution in [0.5, 0.6) is 17.2 Å². The largest absolute Gasteiger partial charge is 0.493 e. The van der Waals surface area contributed by atoms with Crippen molar-refractivity contribution in [3.05, 3.63) is 48.0 Å². The van der Waals surface area contributed by atoms with E-state index in [2.05, 4.69) is 5.32 Å². The number of aryl methyl sites for hydroxylation is 1. The maximum atomic E-state index is 12.3. The fourth-order valence-electron chi connectivity index (χ4n) is 2.11. The summed E-state index contributed by atoms with van der Waals surface area (Å²) in [5.41, 5.74) is 1.54. The Morgan fingerprint density at radius 2 is 1.65 bits per heavy atom. The molecule has 0 aliphatic rings. The van der Waals surface area contributed by atoms with Crippen molar-refractivity contribution in [1.82, 2.24) is 0 Å². The molecular formula is C18H21NO4. The zero-order valence-electron chi connectivity index (χ0n) is 13.8. The number of benzene rings is 2. The van der Waals surface area contributed by atoms with Crippen LogP contribution in [0.3, 0.4) is 0 Å². The molecule has 122 valence electrons. The van der Waals surface area contributed by atoms with Gasteiger partial charge in [0.15, 0.2) is 17.6 Å². The average molecular weight is 315 g/mol. The number of ether oxygens (including phenoxy) is 3. The lowest BCUT2D eigenvalue weighted by Gasteiger charge is -2.17. The summed E-state index contributed by atoms with van der Waals surface area (Å²) in [7, 11) is 3.13. The van der Waals surface area contributed by atoms with Crippen molar-refractivity contribution < 1.29 is 19.0 Å². The quantitative estimate of drug-likeness (QED) is 0.887. The summed E-state index contributed by atoms with van der Waals surface area (Å²) >= 11 is 0. The molecule has 2 aromatic carbocycles. The fraction of sp³-hybridized carbons (Fsp3) is 0.278. The zero-order chi connectivity index (χ0) is 16.8. The lowest BCUT2D eigenvalue weighted by Crippen LogP contribution is -2.30. The van der Waals surface area contributed by atoms with Crippen LogP contribution in [-0.2, 0) is 4.79 Å². The zero-order valence-corrected chi connectivity index (χ0v) is 13.8. The van der Waals surface area contributed by atoms with Gasteiger partial charge in [-0.2, -0.15) is 0 Å². The minimum Gasteiger partial charge on any atom is -0.493 e. The van der Waals surface area contributed by atoms with Crippen molar-refractivity contribution in [3.63, 3.8) is 0 Å². The molecule has 0 aliphatic carbocycles. The number of rotatable bonds is 6. The van der Waals surface area contributed by atoms with Gasteiger partial charge >= 0.3 is 0 Å². The topological polar surface area (TPSA) is 56.8 Å². The third kappa shape index (κ3) is 4.16. The summed E-state index contributed by atoms with van der Waals surface area (Å²) in [5.74, 6) is 1.60. The highest BCUT2D eigenvalue weighted by Gasteiger charge is 2.17. The van der Waals surface area contributed by atoms with E-state index in [1.807, 2.05) is 43.3 Å². The van der Waals surface area contributed by atoms with E-state index < -0.39 is 6.10 Å². The van der Waals surface area contributed by atoms with Gasteiger partial charge in [-0.15, -0.1) is 0 Å². The SMILES string of the molecule is COc1cc(C)c(NC(=O)[C@H](C)Oc2ccccc2)cc1OC. The Hall–Kier alpha value is -2.69. The molecule has 1 N–H and O–H groups in total. The monoisotopic (exact) mass is 315 g/mol. The molecule has 1 atom stereocenters. The van der Waals surface area contributed by atoms with E-state index in [1.54, 1.807) is 27.2 Å². The van der Waals surface area contributed by atoms with Crippen molar-refractivity contribution in [2.45, 2.75) is 20.0 Å². The van der Waals surface area contributed by atoms with Crippen LogP contribution in [0.2, 0.25) is 0 Å². The van der Waals surface area contributed by atoms with E-state index in [0.717, 1.165) is 5.56 Å². The standard InChI is InChI=1S/C18H21NO4/c1-12-10-16(21-3)17(22-4)11-15(12)19-18(20)13(2)23-14-8-6-5-7-9-14/h5-11,13H,1-4H3,(H,19,20)/t13-/m0/s1. The average Bonchev–Trinajstić information content (AvgIpc) is 2.57. The third-order valence-corrected chi connectivity index (χ3v) is 3.41. The van der Waals surface area contributed by atoms with Gasteiger partial charge in [0.05, 0.1) is 14.2 Å². The van der Waals surface area contributed by atoms with Crippen LogP contribution in [0.15, 0.2) is 42.5 Å². The van der Waals surface area contributed by atoms with Crippen LogP contribution in [0, 0.1) is 6.92 Å². The highest BCUT2D eigenvalue weighted by atomic mass is 16.5. The van der Waals surface area contributed by atoms with Crippen molar-refractivity contribution in [2.24, 2.45) is 0 Å². The van der Waals surface area contributed by atoms with Gasteiger partial charge in [-0.3, -0.25) is 4.79 Å². The molecule has 0 radical (unpaired) electrons.